The number of hydrogen-bond acceptors (Lipinski definition) is 7. The van der Waals surface area contributed by atoms with Crippen LogP contribution in [0, 0.1) is 0 Å². The highest BCUT2D eigenvalue weighted by Crippen LogP contribution is 2.31. The zero-order valence-electron chi connectivity index (χ0n) is 20.8. The summed E-state index contributed by atoms with van der Waals surface area (Å²) < 4.78 is 7.37. The number of thioether (sulfide) groups is 1. The zero-order chi connectivity index (χ0) is 24.5. The predicted molar refractivity (Wildman–Crippen MR) is 146 cm³/mol. The quantitative estimate of drug-likeness (QED) is 0.372. The number of hydrogen-bond donors (Lipinski definition) is 0. The van der Waals surface area contributed by atoms with Crippen LogP contribution in [-0.4, -0.2) is 81.5 Å². The molecule has 2 aliphatic heterocycles. The van der Waals surface area contributed by atoms with E-state index >= 15 is 0 Å². The third kappa shape index (κ3) is 4.92. The van der Waals surface area contributed by atoms with E-state index in [0.717, 1.165) is 40.1 Å². The molecule has 0 atom stereocenters. The summed E-state index contributed by atoms with van der Waals surface area (Å²) in [6.45, 7) is 4.58. The number of amides is 1. The maximum atomic E-state index is 13.1. The number of carbonyl (C=O) groups is 1. The molecule has 4 aromatic rings. The molecular formula is C27H30N6O3S. The number of anilines is 1. The molecule has 2 saturated heterocycles. The standard InChI is InChI=1S/C27H28N6O2S.H2O/c1-36-25-18-33(24-14-19(4-5-22(24)25)26(34)32-10-12-35-13-11-32)27-29-16-20(17-30-27)23-15-21(6-7-28-23)31-8-2-3-9-31;/h4-7,14-18H,2-3,8-13H2,1H3;1H2. The van der Waals surface area contributed by atoms with E-state index in [0.29, 0.717) is 37.8 Å². The second-order valence-electron chi connectivity index (χ2n) is 9.07. The lowest BCUT2D eigenvalue weighted by Gasteiger charge is -2.26. The normalized spacial score (nSPS) is 15.7. The highest BCUT2D eigenvalue weighted by molar-refractivity contribution is 7.98. The summed E-state index contributed by atoms with van der Waals surface area (Å²) >= 11 is 1.67. The van der Waals surface area contributed by atoms with E-state index in [1.165, 1.54) is 18.5 Å². The number of fused-ring (bicyclic) bond motifs is 1. The number of carbonyl (C=O) groups excluding carboxylic acids is 1. The van der Waals surface area contributed by atoms with E-state index in [-0.39, 0.29) is 11.4 Å². The van der Waals surface area contributed by atoms with Gasteiger partial charge in [-0.25, -0.2) is 9.97 Å². The summed E-state index contributed by atoms with van der Waals surface area (Å²) in [5.41, 5.74) is 4.52. The van der Waals surface area contributed by atoms with Crippen LogP contribution in [-0.2, 0) is 4.74 Å². The largest absolute Gasteiger partial charge is 0.412 e. The summed E-state index contributed by atoms with van der Waals surface area (Å²) in [7, 11) is 0. The summed E-state index contributed by atoms with van der Waals surface area (Å²) in [5.74, 6) is 0.592. The lowest BCUT2D eigenvalue weighted by atomic mass is 10.1. The summed E-state index contributed by atoms with van der Waals surface area (Å²) in [6, 6.07) is 10.1. The minimum atomic E-state index is 0. The number of morpholine rings is 1. The lowest BCUT2D eigenvalue weighted by Crippen LogP contribution is -2.40. The minimum absolute atomic E-state index is 0. The molecule has 2 aliphatic rings. The maximum absolute atomic E-state index is 13.1. The number of rotatable bonds is 5. The molecule has 0 bridgehead atoms. The third-order valence-corrected chi connectivity index (χ3v) is 7.66. The fraction of sp³-hybridized carbons (Fsp3) is 0.333. The Hall–Kier alpha value is -3.47. The van der Waals surface area contributed by atoms with Gasteiger partial charge in [0.1, 0.15) is 0 Å². The van der Waals surface area contributed by atoms with Crippen molar-refractivity contribution in [3.63, 3.8) is 0 Å². The molecule has 2 fully saturated rings. The van der Waals surface area contributed by atoms with Crippen molar-refractivity contribution in [3.8, 4) is 17.2 Å². The van der Waals surface area contributed by atoms with Gasteiger partial charge in [0.15, 0.2) is 0 Å². The van der Waals surface area contributed by atoms with Crippen LogP contribution >= 0.6 is 11.8 Å². The van der Waals surface area contributed by atoms with Crippen LogP contribution in [0.5, 0.6) is 0 Å². The average Bonchev–Trinajstić information content (AvgIpc) is 3.62. The van der Waals surface area contributed by atoms with Crippen molar-refractivity contribution in [1.82, 2.24) is 24.4 Å². The van der Waals surface area contributed by atoms with Crippen LogP contribution < -0.4 is 4.90 Å². The van der Waals surface area contributed by atoms with Gasteiger partial charge in [0.2, 0.25) is 5.95 Å². The Morgan fingerprint density at radius 3 is 2.46 bits per heavy atom. The van der Waals surface area contributed by atoms with E-state index < -0.39 is 0 Å². The van der Waals surface area contributed by atoms with Crippen molar-refractivity contribution in [1.29, 1.82) is 0 Å². The topological polar surface area (TPSA) is 108 Å². The Bertz CT molecular complexity index is 1400. The average molecular weight is 519 g/mol. The van der Waals surface area contributed by atoms with Gasteiger partial charge in [0, 0.05) is 78.1 Å². The van der Waals surface area contributed by atoms with E-state index in [9.17, 15) is 4.79 Å². The van der Waals surface area contributed by atoms with Crippen LogP contribution in [0.2, 0.25) is 0 Å². The molecule has 0 saturated carbocycles. The minimum Gasteiger partial charge on any atom is -0.412 e. The smallest absolute Gasteiger partial charge is 0.254 e. The van der Waals surface area contributed by atoms with Crippen molar-refractivity contribution >= 4 is 34.3 Å². The van der Waals surface area contributed by atoms with Crippen molar-refractivity contribution in [2.24, 2.45) is 0 Å². The Labute approximate surface area is 219 Å². The molecule has 9 nitrogen and oxygen atoms in total. The second-order valence-corrected chi connectivity index (χ2v) is 9.92. The first-order valence-electron chi connectivity index (χ1n) is 12.3. The maximum Gasteiger partial charge on any atom is 0.254 e. The summed E-state index contributed by atoms with van der Waals surface area (Å²) in [4.78, 5) is 32.4. The van der Waals surface area contributed by atoms with Gasteiger partial charge in [0.05, 0.1) is 24.4 Å². The van der Waals surface area contributed by atoms with Crippen molar-refractivity contribution < 1.29 is 15.0 Å². The van der Waals surface area contributed by atoms with Crippen LogP contribution in [0.4, 0.5) is 5.69 Å². The Kier molecular flexibility index (Phi) is 7.40. The van der Waals surface area contributed by atoms with Gasteiger partial charge in [-0.3, -0.25) is 14.3 Å². The fourth-order valence-electron chi connectivity index (χ4n) is 4.93. The first kappa shape index (κ1) is 25.2. The van der Waals surface area contributed by atoms with Crippen LogP contribution in [0.15, 0.2) is 60.0 Å². The second kappa shape index (κ2) is 10.9. The molecule has 0 spiro atoms. The molecule has 5 heterocycles. The molecule has 192 valence electrons. The van der Waals surface area contributed by atoms with Crippen molar-refractivity contribution in [2.75, 3.05) is 50.5 Å². The fourth-order valence-corrected chi connectivity index (χ4v) is 5.54. The number of benzene rings is 1. The third-order valence-electron chi connectivity index (χ3n) is 6.90. The molecule has 10 heteroatoms. The van der Waals surface area contributed by atoms with E-state index in [2.05, 4.69) is 28.3 Å². The van der Waals surface area contributed by atoms with Gasteiger partial charge in [-0.2, -0.15) is 0 Å². The molecule has 3 aromatic heterocycles. The van der Waals surface area contributed by atoms with Gasteiger partial charge >= 0.3 is 0 Å². The molecule has 2 N–H and O–H groups in total. The summed E-state index contributed by atoms with van der Waals surface area (Å²) in [6.07, 6.45) is 12.1. The van der Waals surface area contributed by atoms with Crippen LogP contribution in [0.25, 0.3) is 28.1 Å². The SMILES string of the molecule is CSc1cn(-c2ncc(-c3cc(N4CCCC4)ccn3)cn2)c2cc(C(=O)N3CCOCC3)ccc12.O. The van der Waals surface area contributed by atoms with Gasteiger partial charge in [-0.15, -0.1) is 11.8 Å². The van der Waals surface area contributed by atoms with Crippen LogP contribution in [0.1, 0.15) is 23.2 Å². The Morgan fingerprint density at radius 2 is 1.73 bits per heavy atom. The lowest BCUT2D eigenvalue weighted by molar-refractivity contribution is 0.0303. The molecular weight excluding hydrogens is 488 g/mol. The van der Waals surface area contributed by atoms with Crippen molar-refractivity contribution in [2.45, 2.75) is 17.7 Å². The van der Waals surface area contributed by atoms with E-state index in [1.54, 1.807) is 11.8 Å². The highest BCUT2D eigenvalue weighted by atomic mass is 32.2. The van der Waals surface area contributed by atoms with Gasteiger partial charge < -0.3 is 20.0 Å². The van der Waals surface area contributed by atoms with Gasteiger partial charge in [0.25, 0.3) is 5.91 Å². The number of nitrogens with zero attached hydrogens (tertiary/aromatic N) is 6. The molecule has 0 radical (unpaired) electrons. The molecule has 0 aliphatic carbocycles. The molecule has 1 aromatic carbocycles. The van der Waals surface area contributed by atoms with Crippen molar-refractivity contribution in [3.05, 3.63) is 60.7 Å². The number of aromatic nitrogens is 4. The first-order valence-corrected chi connectivity index (χ1v) is 13.5. The first-order chi connectivity index (χ1) is 17.7. The molecule has 37 heavy (non-hydrogen) atoms. The van der Waals surface area contributed by atoms with Crippen LogP contribution in [0.3, 0.4) is 0 Å². The number of ether oxygens (including phenoxy) is 1. The molecule has 0 unspecified atom stereocenters. The monoisotopic (exact) mass is 518 g/mol. The molecule has 1 amide bonds. The summed E-state index contributed by atoms with van der Waals surface area (Å²) in [5, 5.41) is 1.08. The number of pyridine rings is 1. The molecule has 6 rings (SSSR count). The zero-order valence-corrected chi connectivity index (χ0v) is 21.6. The van der Waals surface area contributed by atoms with E-state index in [1.807, 2.05) is 52.5 Å². The Morgan fingerprint density at radius 1 is 0.973 bits per heavy atom. The highest BCUT2D eigenvalue weighted by Gasteiger charge is 2.21. The van der Waals surface area contributed by atoms with Gasteiger partial charge in [-0.05, 0) is 43.4 Å². The predicted octanol–water partition coefficient (Wildman–Crippen LogP) is 3.45. The van der Waals surface area contributed by atoms with Gasteiger partial charge in [-0.1, -0.05) is 6.07 Å². The van der Waals surface area contributed by atoms with E-state index in [4.69, 9.17) is 14.7 Å². The Balaban J connectivity index is 0.00000280.